The topological polar surface area (TPSA) is 26.3 Å². The summed E-state index contributed by atoms with van der Waals surface area (Å²) in [7, 11) is -3.14. The highest BCUT2D eigenvalue weighted by Crippen LogP contribution is 2.53. The van der Waals surface area contributed by atoms with Crippen molar-refractivity contribution in [3.8, 4) is 11.6 Å². The van der Waals surface area contributed by atoms with E-state index in [0.717, 1.165) is 24.0 Å². The van der Waals surface area contributed by atoms with E-state index in [1.165, 1.54) is 6.42 Å². The first-order chi connectivity index (χ1) is 13.5. The van der Waals surface area contributed by atoms with Gasteiger partial charge >= 0.3 is 0 Å². The van der Waals surface area contributed by atoms with Crippen LogP contribution in [0.5, 0.6) is 0 Å². The van der Waals surface area contributed by atoms with E-state index in [0.29, 0.717) is 23.9 Å². The van der Waals surface area contributed by atoms with E-state index in [2.05, 4.69) is 32.4 Å². The van der Waals surface area contributed by atoms with Gasteiger partial charge in [-0.2, -0.15) is 0 Å². The number of hydrogen-bond acceptors (Lipinski definition) is 2. The van der Waals surface area contributed by atoms with Gasteiger partial charge in [-0.25, -0.2) is 0 Å². The van der Waals surface area contributed by atoms with E-state index in [-0.39, 0.29) is 6.10 Å². The summed E-state index contributed by atoms with van der Waals surface area (Å²) in [6.07, 6.45) is 3.71. The van der Waals surface area contributed by atoms with Gasteiger partial charge in [-0.3, -0.25) is 4.57 Å². The maximum atomic E-state index is 13.9. The molecule has 148 valence electrons. The SMILES string of the molecule is CC(C)[C@@H]1CC[C@@H](C)C[C@H]1O[P@@](=O)(C#Cc1ccccc1)Cc1ccccc1. The van der Waals surface area contributed by atoms with E-state index in [1.807, 2.05) is 60.7 Å². The summed E-state index contributed by atoms with van der Waals surface area (Å²) >= 11 is 0. The molecular formula is C25H31O2P. The summed E-state index contributed by atoms with van der Waals surface area (Å²) in [5.74, 6) is 4.68. The highest BCUT2D eigenvalue weighted by molar-refractivity contribution is 7.63. The molecule has 2 nitrogen and oxygen atoms in total. The molecule has 0 unspecified atom stereocenters. The van der Waals surface area contributed by atoms with Gasteiger partial charge in [0, 0.05) is 5.56 Å². The fourth-order valence-electron chi connectivity index (χ4n) is 4.05. The van der Waals surface area contributed by atoms with E-state index in [4.69, 9.17) is 4.52 Å². The maximum absolute atomic E-state index is 13.9. The fraction of sp³-hybridized carbons (Fsp3) is 0.440. The normalized spacial score (nSPS) is 24.2. The van der Waals surface area contributed by atoms with Crippen LogP contribution in [0.15, 0.2) is 60.7 Å². The summed E-state index contributed by atoms with van der Waals surface area (Å²) in [5.41, 5.74) is 4.95. The quantitative estimate of drug-likeness (QED) is 0.405. The van der Waals surface area contributed by atoms with Crippen LogP contribution < -0.4 is 0 Å². The summed E-state index contributed by atoms with van der Waals surface area (Å²) in [6, 6.07) is 19.7. The van der Waals surface area contributed by atoms with E-state index >= 15 is 0 Å². The lowest BCUT2D eigenvalue weighted by Crippen LogP contribution is -2.33. The second kappa shape index (κ2) is 9.60. The van der Waals surface area contributed by atoms with Gasteiger partial charge in [-0.1, -0.05) is 81.6 Å². The van der Waals surface area contributed by atoms with Crippen molar-refractivity contribution in [2.45, 2.75) is 52.3 Å². The molecule has 28 heavy (non-hydrogen) atoms. The maximum Gasteiger partial charge on any atom is 0.278 e. The highest BCUT2D eigenvalue weighted by atomic mass is 31.2. The largest absolute Gasteiger partial charge is 0.316 e. The predicted molar refractivity (Wildman–Crippen MR) is 117 cm³/mol. The van der Waals surface area contributed by atoms with Crippen molar-refractivity contribution in [1.29, 1.82) is 0 Å². The first kappa shape index (κ1) is 20.9. The van der Waals surface area contributed by atoms with Gasteiger partial charge in [0.1, 0.15) is 0 Å². The van der Waals surface area contributed by atoms with E-state index in [1.54, 1.807) is 0 Å². The van der Waals surface area contributed by atoms with Crippen LogP contribution in [-0.2, 0) is 15.3 Å². The van der Waals surface area contributed by atoms with Crippen molar-refractivity contribution in [1.82, 2.24) is 0 Å². The summed E-state index contributed by atoms with van der Waals surface area (Å²) in [5, 5.41) is 0. The lowest BCUT2D eigenvalue weighted by atomic mass is 9.75. The molecule has 3 heteroatoms. The van der Waals surface area contributed by atoms with Crippen LogP contribution in [0.1, 0.15) is 51.2 Å². The Morgan fingerprint density at radius 1 is 1.04 bits per heavy atom. The van der Waals surface area contributed by atoms with Gasteiger partial charge in [0.25, 0.3) is 7.37 Å². The minimum absolute atomic E-state index is 0.0170. The molecule has 1 aliphatic rings. The van der Waals surface area contributed by atoms with Crippen LogP contribution in [0.4, 0.5) is 0 Å². The van der Waals surface area contributed by atoms with Crippen molar-refractivity contribution >= 4 is 7.37 Å². The van der Waals surface area contributed by atoms with Crippen LogP contribution in [0.2, 0.25) is 0 Å². The van der Waals surface area contributed by atoms with Gasteiger partial charge in [0.05, 0.1) is 12.3 Å². The lowest BCUT2D eigenvalue weighted by molar-refractivity contribution is 0.0497. The van der Waals surface area contributed by atoms with Gasteiger partial charge < -0.3 is 4.52 Å². The lowest BCUT2D eigenvalue weighted by Gasteiger charge is -2.38. The zero-order chi connectivity index (χ0) is 20.0. The Bertz CT molecular complexity index is 848. The Kier molecular flexibility index (Phi) is 7.17. The first-order valence-corrected chi connectivity index (χ1v) is 12.2. The van der Waals surface area contributed by atoms with Gasteiger partial charge in [-0.15, -0.1) is 0 Å². The smallest absolute Gasteiger partial charge is 0.278 e. The zero-order valence-corrected chi connectivity index (χ0v) is 18.1. The molecular weight excluding hydrogens is 363 g/mol. The van der Waals surface area contributed by atoms with Crippen molar-refractivity contribution in [2.24, 2.45) is 17.8 Å². The molecule has 0 heterocycles. The van der Waals surface area contributed by atoms with Gasteiger partial charge in [0.2, 0.25) is 0 Å². The Balaban J connectivity index is 1.89. The summed E-state index contributed by atoms with van der Waals surface area (Å²) in [6.45, 7) is 6.76. The van der Waals surface area contributed by atoms with Crippen LogP contribution >= 0.6 is 7.37 Å². The Morgan fingerprint density at radius 2 is 1.68 bits per heavy atom. The molecule has 0 bridgehead atoms. The standard InChI is InChI=1S/C25H31O2P/c1-20(2)24-15-14-21(3)18-25(24)27-28(26,19-23-12-8-5-9-13-23)17-16-22-10-6-4-7-11-22/h4-13,20-21,24-25H,14-15,18-19H2,1-3H3/t21-,24+,25-,28+/m1/s1. The first-order valence-electron chi connectivity index (χ1n) is 10.3. The molecule has 0 aromatic heterocycles. The van der Waals surface area contributed by atoms with Crippen LogP contribution in [0, 0.1) is 29.3 Å². The monoisotopic (exact) mass is 394 g/mol. The fourth-order valence-corrected chi connectivity index (χ4v) is 5.93. The molecule has 0 spiro atoms. The molecule has 2 aromatic rings. The van der Waals surface area contributed by atoms with Crippen LogP contribution in [-0.4, -0.2) is 6.10 Å². The Labute approximate surface area is 170 Å². The van der Waals surface area contributed by atoms with Crippen molar-refractivity contribution in [3.05, 3.63) is 71.8 Å². The van der Waals surface area contributed by atoms with Crippen molar-refractivity contribution in [3.63, 3.8) is 0 Å². The minimum atomic E-state index is -3.14. The molecule has 1 aliphatic carbocycles. The third kappa shape index (κ3) is 5.84. The second-order valence-electron chi connectivity index (χ2n) is 8.39. The molecule has 0 N–H and O–H groups in total. The molecule has 0 amide bonds. The molecule has 4 atom stereocenters. The minimum Gasteiger partial charge on any atom is -0.316 e. The predicted octanol–water partition coefficient (Wildman–Crippen LogP) is 6.95. The van der Waals surface area contributed by atoms with Crippen molar-refractivity contribution in [2.75, 3.05) is 0 Å². The number of rotatable bonds is 5. The molecule has 2 aromatic carbocycles. The Morgan fingerprint density at radius 3 is 2.32 bits per heavy atom. The zero-order valence-electron chi connectivity index (χ0n) is 17.2. The van der Waals surface area contributed by atoms with E-state index < -0.39 is 7.37 Å². The van der Waals surface area contributed by atoms with Crippen LogP contribution in [0.3, 0.4) is 0 Å². The second-order valence-corrected chi connectivity index (χ2v) is 10.5. The number of hydrogen-bond donors (Lipinski definition) is 0. The summed E-state index contributed by atoms with van der Waals surface area (Å²) < 4.78 is 20.3. The van der Waals surface area contributed by atoms with Crippen LogP contribution in [0.25, 0.3) is 0 Å². The third-order valence-electron chi connectivity index (χ3n) is 5.64. The molecule has 1 saturated carbocycles. The summed E-state index contributed by atoms with van der Waals surface area (Å²) in [4.78, 5) is 0. The van der Waals surface area contributed by atoms with Gasteiger partial charge in [-0.05, 0) is 54.0 Å². The van der Waals surface area contributed by atoms with Crippen molar-refractivity contribution < 1.29 is 9.09 Å². The highest BCUT2D eigenvalue weighted by Gasteiger charge is 2.36. The molecule has 0 radical (unpaired) electrons. The molecule has 0 saturated heterocycles. The average molecular weight is 394 g/mol. The Hall–Kier alpha value is -1.81. The molecule has 3 rings (SSSR count). The average Bonchev–Trinajstić information content (AvgIpc) is 2.68. The molecule has 1 fully saturated rings. The molecule has 0 aliphatic heterocycles. The van der Waals surface area contributed by atoms with Gasteiger partial charge in [0.15, 0.2) is 0 Å². The van der Waals surface area contributed by atoms with E-state index in [9.17, 15) is 4.57 Å². The number of benzene rings is 2. The third-order valence-corrected chi connectivity index (χ3v) is 7.49.